The van der Waals surface area contributed by atoms with Gasteiger partial charge in [0.15, 0.2) is 0 Å². The van der Waals surface area contributed by atoms with Gasteiger partial charge >= 0.3 is 0 Å². The van der Waals surface area contributed by atoms with E-state index in [4.69, 9.17) is 16.3 Å². The smallest absolute Gasteiger partial charge is 0.232 e. The first-order valence-corrected chi connectivity index (χ1v) is 10.5. The molecule has 0 aromatic heterocycles. The van der Waals surface area contributed by atoms with E-state index in [1.165, 1.54) is 11.4 Å². The first-order chi connectivity index (χ1) is 11.7. The van der Waals surface area contributed by atoms with Crippen molar-refractivity contribution in [3.8, 4) is 5.75 Å². The molecular formula is C17H27ClN2O4S. The number of anilines is 1. The first-order valence-electron chi connectivity index (χ1n) is 8.29. The van der Waals surface area contributed by atoms with E-state index >= 15 is 0 Å². The van der Waals surface area contributed by atoms with E-state index in [9.17, 15) is 13.2 Å². The number of rotatable bonds is 10. The number of halogens is 1. The molecular weight excluding hydrogens is 364 g/mol. The minimum absolute atomic E-state index is 0.0376. The van der Waals surface area contributed by atoms with Gasteiger partial charge in [-0.15, -0.1) is 0 Å². The van der Waals surface area contributed by atoms with E-state index in [2.05, 4.69) is 12.2 Å². The quantitative estimate of drug-likeness (QED) is 0.623. The Labute approximate surface area is 155 Å². The van der Waals surface area contributed by atoms with Gasteiger partial charge in [-0.3, -0.25) is 9.10 Å². The van der Waals surface area contributed by atoms with Gasteiger partial charge in [-0.25, -0.2) is 8.42 Å². The highest BCUT2D eigenvalue weighted by Gasteiger charge is 2.23. The van der Waals surface area contributed by atoms with Crippen LogP contribution >= 0.6 is 11.6 Å². The molecule has 142 valence electrons. The third kappa shape index (κ3) is 6.74. The molecule has 0 saturated carbocycles. The Kier molecular flexibility index (Phi) is 8.52. The van der Waals surface area contributed by atoms with E-state index < -0.39 is 10.0 Å². The minimum Gasteiger partial charge on any atom is -0.494 e. The summed E-state index contributed by atoms with van der Waals surface area (Å²) in [7, 11) is -2.12. The van der Waals surface area contributed by atoms with Crippen LogP contribution in [0.2, 0.25) is 5.02 Å². The number of benzene rings is 1. The lowest BCUT2D eigenvalue weighted by Crippen LogP contribution is -2.35. The second-order valence-corrected chi connectivity index (χ2v) is 8.23. The van der Waals surface area contributed by atoms with Crippen molar-refractivity contribution in [2.75, 3.05) is 30.8 Å². The lowest BCUT2D eigenvalue weighted by atomic mass is 10.2. The summed E-state index contributed by atoms with van der Waals surface area (Å²) in [6, 6.07) is 3.23. The Bertz CT molecular complexity index is 692. The summed E-state index contributed by atoms with van der Waals surface area (Å²) in [4.78, 5) is 12.0. The molecule has 0 radical (unpaired) electrons. The van der Waals surface area contributed by atoms with Crippen LogP contribution < -0.4 is 14.4 Å². The van der Waals surface area contributed by atoms with E-state index in [0.29, 0.717) is 23.0 Å². The molecule has 0 atom stereocenters. The van der Waals surface area contributed by atoms with Crippen LogP contribution in [0.5, 0.6) is 5.75 Å². The van der Waals surface area contributed by atoms with E-state index in [1.54, 1.807) is 19.1 Å². The molecule has 1 aromatic rings. The fraction of sp³-hybridized carbons (Fsp3) is 0.588. The van der Waals surface area contributed by atoms with Crippen LogP contribution in [0.25, 0.3) is 0 Å². The molecule has 6 nitrogen and oxygen atoms in total. The highest BCUT2D eigenvalue weighted by Crippen LogP contribution is 2.35. The summed E-state index contributed by atoms with van der Waals surface area (Å²) >= 11 is 6.08. The van der Waals surface area contributed by atoms with Crippen LogP contribution in [-0.4, -0.2) is 40.8 Å². The third-order valence-corrected chi connectivity index (χ3v) is 5.36. The van der Waals surface area contributed by atoms with Gasteiger partial charge in [-0.1, -0.05) is 31.4 Å². The molecule has 0 unspecified atom stereocenters. The molecule has 0 aliphatic rings. The number of unbranched alkanes of at least 4 members (excludes halogenated alkanes) is 2. The number of hydrogen-bond donors (Lipinski definition) is 1. The molecule has 0 saturated heterocycles. The Morgan fingerprint density at radius 3 is 2.56 bits per heavy atom. The first kappa shape index (κ1) is 21.6. The monoisotopic (exact) mass is 390 g/mol. The molecule has 1 rings (SSSR count). The largest absolute Gasteiger partial charge is 0.494 e. The summed E-state index contributed by atoms with van der Waals surface area (Å²) in [5.74, 6) is 0.179. The number of ether oxygens (including phenoxy) is 1. The molecule has 0 bridgehead atoms. The number of aryl methyl sites for hydroxylation is 1. The maximum Gasteiger partial charge on any atom is 0.232 e. The number of nitrogens with zero attached hydrogens (tertiary/aromatic N) is 1. The lowest BCUT2D eigenvalue weighted by Gasteiger charge is -2.25. The summed E-state index contributed by atoms with van der Waals surface area (Å²) < 4.78 is 30.9. The zero-order chi connectivity index (χ0) is 19.0. The van der Waals surface area contributed by atoms with Crippen molar-refractivity contribution in [2.45, 2.75) is 39.5 Å². The van der Waals surface area contributed by atoms with Crippen LogP contribution in [-0.2, 0) is 14.8 Å². The number of sulfonamides is 1. The summed E-state index contributed by atoms with van der Waals surface area (Å²) in [6.07, 6.45) is 4.23. The Balaban J connectivity index is 2.90. The second-order valence-electron chi connectivity index (χ2n) is 5.92. The molecule has 0 spiro atoms. The van der Waals surface area contributed by atoms with Gasteiger partial charge in [0.1, 0.15) is 5.75 Å². The van der Waals surface area contributed by atoms with Crippen molar-refractivity contribution in [1.82, 2.24) is 5.32 Å². The molecule has 25 heavy (non-hydrogen) atoms. The highest BCUT2D eigenvalue weighted by molar-refractivity contribution is 7.92. The standard InChI is InChI=1S/C17H27ClN2O4S/c1-5-6-7-9-19-17(21)8-10-20(25(4,22)23)15-11-13(2)14(18)12-16(15)24-3/h11-12H,5-10H2,1-4H3,(H,19,21). The molecule has 1 N–H and O–H groups in total. The van der Waals surface area contributed by atoms with Crippen molar-refractivity contribution >= 4 is 33.2 Å². The van der Waals surface area contributed by atoms with Gasteiger partial charge in [-0.05, 0) is 25.0 Å². The van der Waals surface area contributed by atoms with Crippen LogP contribution in [0, 0.1) is 6.92 Å². The molecule has 0 aliphatic heterocycles. The van der Waals surface area contributed by atoms with Gasteiger partial charge < -0.3 is 10.1 Å². The van der Waals surface area contributed by atoms with Crippen molar-refractivity contribution in [2.24, 2.45) is 0 Å². The zero-order valence-corrected chi connectivity index (χ0v) is 16.8. The SMILES string of the molecule is CCCCCNC(=O)CCN(c1cc(C)c(Cl)cc1OC)S(C)(=O)=O. The molecule has 0 heterocycles. The average molecular weight is 391 g/mol. The van der Waals surface area contributed by atoms with Gasteiger partial charge in [-0.2, -0.15) is 0 Å². The number of carbonyl (C=O) groups excluding carboxylic acids is 1. The normalized spacial score (nSPS) is 11.2. The summed E-state index contributed by atoms with van der Waals surface area (Å²) in [5.41, 5.74) is 1.11. The van der Waals surface area contributed by atoms with Crippen LogP contribution in [0.4, 0.5) is 5.69 Å². The predicted molar refractivity (Wildman–Crippen MR) is 102 cm³/mol. The second kappa shape index (κ2) is 9.87. The lowest BCUT2D eigenvalue weighted by molar-refractivity contribution is -0.120. The molecule has 0 aliphatic carbocycles. The zero-order valence-electron chi connectivity index (χ0n) is 15.3. The predicted octanol–water partition coefficient (Wildman–Crippen LogP) is 3.12. The third-order valence-electron chi connectivity index (χ3n) is 3.77. The van der Waals surface area contributed by atoms with Gasteiger partial charge in [0.25, 0.3) is 0 Å². The Morgan fingerprint density at radius 1 is 1.32 bits per heavy atom. The van der Waals surface area contributed by atoms with Crippen LogP contribution in [0.15, 0.2) is 12.1 Å². The highest BCUT2D eigenvalue weighted by atomic mass is 35.5. The number of amides is 1. The van der Waals surface area contributed by atoms with Crippen LogP contribution in [0.3, 0.4) is 0 Å². The molecule has 1 aromatic carbocycles. The number of methoxy groups -OCH3 is 1. The Morgan fingerprint density at radius 2 is 2.00 bits per heavy atom. The van der Waals surface area contributed by atoms with Gasteiger partial charge in [0.05, 0.1) is 19.1 Å². The fourth-order valence-corrected chi connectivity index (χ4v) is 3.44. The topological polar surface area (TPSA) is 75.7 Å². The number of hydrogen-bond acceptors (Lipinski definition) is 4. The van der Waals surface area contributed by atoms with Crippen molar-refractivity contribution in [3.63, 3.8) is 0 Å². The maximum atomic E-state index is 12.2. The van der Waals surface area contributed by atoms with Crippen molar-refractivity contribution in [1.29, 1.82) is 0 Å². The average Bonchev–Trinajstić information content (AvgIpc) is 2.53. The minimum atomic E-state index is -3.57. The number of carbonyl (C=O) groups is 1. The fourth-order valence-electron chi connectivity index (χ4n) is 2.37. The molecule has 1 amide bonds. The maximum absolute atomic E-state index is 12.2. The summed E-state index contributed by atoms with van der Waals surface area (Å²) in [6.45, 7) is 4.52. The number of nitrogens with one attached hydrogen (secondary N) is 1. The van der Waals surface area contributed by atoms with Crippen molar-refractivity contribution in [3.05, 3.63) is 22.7 Å². The summed E-state index contributed by atoms with van der Waals surface area (Å²) in [5, 5.41) is 3.30. The van der Waals surface area contributed by atoms with Gasteiger partial charge in [0.2, 0.25) is 15.9 Å². The molecule has 8 heteroatoms. The van der Waals surface area contributed by atoms with E-state index in [0.717, 1.165) is 31.1 Å². The van der Waals surface area contributed by atoms with Crippen molar-refractivity contribution < 1.29 is 17.9 Å². The Hall–Kier alpha value is -1.47. The van der Waals surface area contributed by atoms with Crippen LogP contribution in [0.1, 0.15) is 38.2 Å². The van der Waals surface area contributed by atoms with Gasteiger partial charge in [0, 0.05) is 30.6 Å². The van der Waals surface area contributed by atoms with E-state index in [-0.39, 0.29) is 18.9 Å². The van der Waals surface area contributed by atoms with E-state index in [1.807, 2.05) is 0 Å². The molecule has 0 fully saturated rings.